The van der Waals surface area contributed by atoms with Crippen molar-refractivity contribution in [3.05, 3.63) is 51.0 Å². The van der Waals surface area contributed by atoms with Crippen LogP contribution in [0.15, 0.2) is 29.6 Å². The van der Waals surface area contributed by atoms with Gasteiger partial charge in [-0.25, -0.2) is 4.98 Å². The summed E-state index contributed by atoms with van der Waals surface area (Å²) in [6.45, 7) is 7.83. The second-order valence-electron chi connectivity index (χ2n) is 9.31. The molecule has 2 aromatic heterocycles. The summed E-state index contributed by atoms with van der Waals surface area (Å²) in [6.07, 6.45) is 3.53. The first-order chi connectivity index (χ1) is 15.3. The molecule has 4 heterocycles. The fourth-order valence-electron chi connectivity index (χ4n) is 4.60. The number of carbonyl (C=O) groups excluding carboxylic acids is 1. The van der Waals surface area contributed by atoms with E-state index in [-0.39, 0.29) is 23.5 Å². The number of fused-ring (bicyclic) bond motifs is 2. The van der Waals surface area contributed by atoms with E-state index in [0.29, 0.717) is 13.2 Å². The standard InChI is InChI=1S/C23H27N5O3S/c1-13(27-30)14-4-5-18-17(9-14)15(11-24-18)8-16-12-31-7-6-28(16)22-25-19-10-23(2,3)26-21(29)20(19)32-22/h4-5,9,11,13,16,24H,6-8,10,12H2,1-3H3,(H,26,29)/t13?,16-/m0/s1. The second kappa shape index (κ2) is 7.97. The smallest absolute Gasteiger partial charge is 0.263 e. The molecule has 0 saturated carbocycles. The zero-order valence-corrected chi connectivity index (χ0v) is 19.3. The number of nitrogens with one attached hydrogen (secondary N) is 2. The summed E-state index contributed by atoms with van der Waals surface area (Å²) in [7, 11) is 0. The van der Waals surface area contributed by atoms with E-state index >= 15 is 0 Å². The first-order valence-electron chi connectivity index (χ1n) is 10.9. The molecule has 5 rings (SSSR count). The van der Waals surface area contributed by atoms with Crippen LogP contribution in [0.3, 0.4) is 0 Å². The highest BCUT2D eigenvalue weighted by Gasteiger charge is 2.35. The Hall–Kier alpha value is -2.78. The molecule has 2 aliphatic rings. The molecule has 0 aliphatic carbocycles. The number of ether oxygens (including phenoxy) is 1. The van der Waals surface area contributed by atoms with Crippen LogP contribution in [0, 0.1) is 4.91 Å². The van der Waals surface area contributed by atoms with E-state index < -0.39 is 0 Å². The Balaban J connectivity index is 1.44. The van der Waals surface area contributed by atoms with Crippen LogP contribution in [-0.4, -0.2) is 47.2 Å². The highest BCUT2D eigenvalue weighted by molar-refractivity contribution is 7.17. The van der Waals surface area contributed by atoms with Crippen molar-refractivity contribution in [3.8, 4) is 0 Å². The average molecular weight is 454 g/mol. The van der Waals surface area contributed by atoms with Gasteiger partial charge in [-0.15, -0.1) is 0 Å². The predicted molar refractivity (Wildman–Crippen MR) is 126 cm³/mol. The number of H-pyrrole nitrogens is 1. The fourth-order valence-corrected chi connectivity index (χ4v) is 5.68. The van der Waals surface area contributed by atoms with E-state index in [4.69, 9.17) is 9.72 Å². The monoisotopic (exact) mass is 453 g/mol. The summed E-state index contributed by atoms with van der Waals surface area (Å²) in [6, 6.07) is 5.72. The molecule has 1 saturated heterocycles. The number of carbonyl (C=O) groups is 1. The molecule has 0 radical (unpaired) electrons. The van der Waals surface area contributed by atoms with Gasteiger partial charge >= 0.3 is 0 Å². The van der Waals surface area contributed by atoms with Gasteiger partial charge in [0.05, 0.1) is 24.9 Å². The quantitative estimate of drug-likeness (QED) is 0.570. The van der Waals surface area contributed by atoms with Gasteiger partial charge in [0.25, 0.3) is 5.91 Å². The Bertz CT molecular complexity index is 1180. The predicted octanol–water partition coefficient (Wildman–Crippen LogP) is 3.96. The van der Waals surface area contributed by atoms with Crippen molar-refractivity contribution in [2.45, 2.75) is 51.2 Å². The van der Waals surface area contributed by atoms with Crippen LogP contribution < -0.4 is 10.2 Å². The van der Waals surface area contributed by atoms with Crippen molar-refractivity contribution < 1.29 is 9.53 Å². The van der Waals surface area contributed by atoms with E-state index in [0.717, 1.165) is 51.6 Å². The number of hydrogen-bond acceptors (Lipinski definition) is 7. The Labute approximate surface area is 190 Å². The van der Waals surface area contributed by atoms with Crippen LogP contribution >= 0.6 is 11.3 Å². The molecule has 1 fully saturated rings. The summed E-state index contributed by atoms with van der Waals surface area (Å²) in [5.41, 5.74) is 3.71. The van der Waals surface area contributed by atoms with Crippen LogP contribution in [0.5, 0.6) is 0 Å². The van der Waals surface area contributed by atoms with E-state index in [1.165, 1.54) is 16.9 Å². The molecule has 2 N–H and O–H groups in total. The zero-order chi connectivity index (χ0) is 22.5. The molecule has 2 atom stereocenters. The van der Waals surface area contributed by atoms with Gasteiger partial charge in [0, 0.05) is 35.6 Å². The van der Waals surface area contributed by atoms with Crippen molar-refractivity contribution in [2.24, 2.45) is 5.18 Å². The maximum atomic E-state index is 12.6. The third kappa shape index (κ3) is 3.80. The molecule has 8 nitrogen and oxygen atoms in total. The van der Waals surface area contributed by atoms with Crippen LogP contribution in [0.25, 0.3) is 10.9 Å². The Morgan fingerprint density at radius 1 is 1.41 bits per heavy atom. The van der Waals surface area contributed by atoms with E-state index in [2.05, 4.69) is 26.4 Å². The van der Waals surface area contributed by atoms with Gasteiger partial charge in [-0.1, -0.05) is 22.6 Å². The van der Waals surface area contributed by atoms with Crippen molar-refractivity contribution >= 4 is 33.3 Å². The number of nitrogens with zero attached hydrogens (tertiary/aromatic N) is 3. The number of aromatic amines is 1. The maximum absolute atomic E-state index is 12.6. The maximum Gasteiger partial charge on any atom is 0.263 e. The van der Waals surface area contributed by atoms with E-state index in [9.17, 15) is 9.70 Å². The largest absolute Gasteiger partial charge is 0.377 e. The lowest BCUT2D eigenvalue weighted by atomic mass is 9.94. The number of hydrogen-bond donors (Lipinski definition) is 2. The normalized spacial score (nSPS) is 21.3. The lowest BCUT2D eigenvalue weighted by molar-refractivity contribution is 0.0900. The number of amides is 1. The van der Waals surface area contributed by atoms with Gasteiger partial charge in [0.1, 0.15) is 10.9 Å². The summed E-state index contributed by atoms with van der Waals surface area (Å²) >= 11 is 1.47. The fraction of sp³-hybridized carbons (Fsp3) is 0.478. The van der Waals surface area contributed by atoms with Crippen molar-refractivity contribution in [1.82, 2.24) is 15.3 Å². The van der Waals surface area contributed by atoms with Crippen LogP contribution in [-0.2, 0) is 17.6 Å². The number of thiazole rings is 1. The highest BCUT2D eigenvalue weighted by Crippen LogP contribution is 2.34. The molecular weight excluding hydrogens is 426 g/mol. The van der Waals surface area contributed by atoms with E-state index in [1.807, 2.05) is 32.2 Å². The first-order valence-corrected chi connectivity index (χ1v) is 11.8. The van der Waals surface area contributed by atoms with Gasteiger partial charge in [-0.2, -0.15) is 4.91 Å². The number of aromatic nitrogens is 2. The Morgan fingerprint density at radius 2 is 2.25 bits per heavy atom. The Kier molecular flexibility index (Phi) is 5.25. The van der Waals surface area contributed by atoms with Gasteiger partial charge in [0.2, 0.25) is 0 Å². The number of morpholine rings is 1. The molecule has 2 aliphatic heterocycles. The third-order valence-electron chi connectivity index (χ3n) is 6.31. The molecule has 0 spiro atoms. The molecule has 1 aromatic carbocycles. The molecule has 9 heteroatoms. The summed E-state index contributed by atoms with van der Waals surface area (Å²) in [5, 5.41) is 8.22. The van der Waals surface area contributed by atoms with Crippen LogP contribution in [0.1, 0.15) is 53.3 Å². The number of benzene rings is 1. The van der Waals surface area contributed by atoms with Gasteiger partial charge < -0.3 is 19.9 Å². The molecule has 0 bridgehead atoms. The molecule has 1 amide bonds. The second-order valence-corrected chi connectivity index (χ2v) is 10.3. The Morgan fingerprint density at radius 3 is 3.06 bits per heavy atom. The minimum absolute atomic E-state index is 0.0353. The molecule has 32 heavy (non-hydrogen) atoms. The molecular formula is C23H27N5O3S. The third-order valence-corrected chi connectivity index (χ3v) is 7.45. The van der Waals surface area contributed by atoms with Crippen molar-refractivity contribution in [1.29, 1.82) is 0 Å². The van der Waals surface area contributed by atoms with E-state index in [1.54, 1.807) is 6.92 Å². The SMILES string of the molecule is CC(N=O)c1ccc2[nH]cc(C[C@H]3COCCN3c3nc4c(s3)C(=O)NC(C)(C)C4)c2c1. The molecule has 168 valence electrons. The van der Waals surface area contributed by atoms with Crippen LogP contribution in [0.4, 0.5) is 5.13 Å². The number of anilines is 1. The van der Waals surface area contributed by atoms with Gasteiger partial charge in [-0.3, -0.25) is 4.79 Å². The first kappa shape index (κ1) is 21.1. The lowest BCUT2D eigenvalue weighted by Gasteiger charge is -2.35. The lowest BCUT2D eigenvalue weighted by Crippen LogP contribution is -2.48. The minimum Gasteiger partial charge on any atom is -0.377 e. The summed E-state index contributed by atoms with van der Waals surface area (Å²) in [4.78, 5) is 34.8. The van der Waals surface area contributed by atoms with Crippen molar-refractivity contribution in [2.75, 3.05) is 24.7 Å². The average Bonchev–Trinajstić information content (AvgIpc) is 3.37. The molecule has 1 unspecified atom stereocenters. The van der Waals surface area contributed by atoms with Gasteiger partial charge in [0.15, 0.2) is 5.13 Å². The number of nitroso groups, excluding NO2 is 1. The zero-order valence-electron chi connectivity index (χ0n) is 18.5. The van der Waals surface area contributed by atoms with Crippen LogP contribution in [0.2, 0.25) is 0 Å². The van der Waals surface area contributed by atoms with Gasteiger partial charge in [-0.05, 0) is 50.5 Å². The molecule has 3 aromatic rings. The minimum atomic E-state index is -0.381. The summed E-state index contributed by atoms with van der Waals surface area (Å²) in [5.74, 6) is -0.0353. The topological polar surface area (TPSA) is 99.7 Å². The highest BCUT2D eigenvalue weighted by atomic mass is 32.1. The van der Waals surface area contributed by atoms with Crippen molar-refractivity contribution in [3.63, 3.8) is 0 Å². The number of rotatable bonds is 5. The summed E-state index contributed by atoms with van der Waals surface area (Å²) < 4.78 is 5.82.